The summed E-state index contributed by atoms with van der Waals surface area (Å²) in [5, 5.41) is 6.16. The molecule has 2 amide bonds. The summed E-state index contributed by atoms with van der Waals surface area (Å²) < 4.78 is 13.7. The van der Waals surface area contributed by atoms with E-state index in [4.69, 9.17) is 11.6 Å². The summed E-state index contributed by atoms with van der Waals surface area (Å²) >= 11 is 6.00. The highest BCUT2D eigenvalue weighted by atomic mass is 35.5. The number of carbonyl (C=O) groups excluding carboxylic acids is 2. The molecule has 0 unspecified atom stereocenters. The van der Waals surface area contributed by atoms with Gasteiger partial charge in [0.1, 0.15) is 5.82 Å². The number of amides is 2. The number of nitrogens with one attached hydrogen (secondary N) is 2. The molecule has 0 bridgehead atoms. The van der Waals surface area contributed by atoms with Gasteiger partial charge in [-0.3, -0.25) is 9.59 Å². The lowest BCUT2D eigenvalue weighted by molar-refractivity contribution is -0.125. The molecule has 2 aromatic carbocycles. The maximum atomic E-state index is 13.7. The molecule has 1 aliphatic rings. The molecule has 0 aromatic heterocycles. The summed E-state index contributed by atoms with van der Waals surface area (Å²) in [7, 11) is 0. The lowest BCUT2D eigenvalue weighted by Gasteiger charge is -2.27. The second-order valence-electron chi connectivity index (χ2n) is 6.97. The molecule has 27 heavy (non-hydrogen) atoms. The van der Waals surface area contributed by atoms with E-state index in [0.29, 0.717) is 36.4 Å². The molecular formula is C21H22ClFN2O2. The van der Waals surface area contributed by atoms with E-state index in [2.05, 4.69) is 10.6 Å². The standard InChI is InChI=1S/C21H22ClFN2O2/c1-13-6-11-16(22)12-19(13)25-21(27)15-9-7-14(8-10-15)20(26)24-18-5-3-2-4-17(18)23/h2-6,11-12,14-15H,7-10H2,1H3,(H,24,26)(H,25,27). The van der Waals surface area contributed by atoms with E-state index in [1.54, 1.807) is 30.3 Å². The minimum Gasteiger partial charge on any atom is -0.326 e. The smallest absolute Gasteiger partial charge is 0.227 e. The first-order chi connectivity index (χ1) is 12.9. The van der Waals surface area contributed by atoms with E-state index in [1.807, 2.05) is 13.0 Å². The maximum Gasteiger partial charge on any atom is 0.227 e. The Morgan fingerprint density at radius 2 is 1.48 bits per heavy atom. The molecule has 2 aromatic rings. The number of rotatable bonds is 4. The highest BCUT2D eigenvalue weighted by molar-refractivity contribution is 6.31. The van der Waals surface area contributed by atoms with Gasteiger partial charge in [-0.05, 0) is 62.4 Å². The van der Waals surface area contributed by atoms with Gasteiger partial charge < -0.3 is 10.6 Å². The van der Waals surface area contributed by atoms with Crippen LogP contribution in [0.3, 0.4) is 0 Å². The number of anilines is 2. The third kappa shape index (κ3) is 4.86. The fraction of sp³-hybridized carbons (Fsp3) is 0.333. The molecule has 0 heterocycles. The minimum atomic E-state index is -0.448. The number of hydrogen-bond acceptors (Lipinski definition) is 2. The van der Waals surface area contributed by atoms with Crippen LogP contribution in [0, 0.1) is 24.6 Å². The predicted octanol–water partition coefficient (Wildman–Crippen LogP) is 5.17. The van der Waals surface area contributed by atoms with Crippen LogP contribution in [0.15, 0.2) is 42.5 Å². The van der Waals surface area contributed by atoms with Crippen LogP contribution in [0.25, 0.3) is 0 Å². The summed E-state index contributed by atoms with van der Waals surface area (Å²) in [4.78, 5) is 24.9. The van der Waals surface area contributed by atoms with Gasteiger partial charge >= 0.3 is 0 Å². The average Bonchev–Trinajstić information content (AvgIpc) is 2.66. The Bertz CT molecular complexity index is 848. The molecule has 6 heteroatoms. The van der Waals surface area contributed by atoms with Crippen LogP contribution in [0.4, 0.5) is 15.8 Å². The Balaban J connectivity index is 1.53. The van der Waals surface area contributed by atoms with E-state index >= 15 is 0 Å². The van der Waals surface area contributed by atoms with E-state index in [0.717, 1.165) is 5.56 Å². The first-order valence-electron chi connectivity index (χ1n) is 9.06. The van der Waals surface area contributed by atoms with Crippen LogP contribution in [0.2, 0.25) is 5.02 Å². The zero-order chi connectivity index (χ0) is 19.4. The highest BCUT2D eigenvalue weighted by Crippen LogP contribution is 2.31. The van der Waals surface area contributed by atoms with Crippen molar-refractivity contribution < 1.29 is 14.0 Å². The highest BCUT2D eigenvalue weighted by Gasteiger charge is 2.30. The number of para-hydroxylation sites is 1. The normalized spacial score (nSPS) is 19.4. The number of hydrogen-bond donors (Lipinski definition) is 2. The summed E-state index contributed by atoms with van der Waals surface area (Å²) in [6.07, 6.45) is 2.46. The lowest BCUT2D eigenvalue weighted by Crippen LogP contribution is -2.32. The monoisotopic (exact) mass is 388 g/mol. The molecule has 0 radical (unpaired) electrons. The SMILES string of the molecule is Cc1ccc(Cl)cc1NC(=O)C1CCC(C(=O)Nc2ccccc2F)CC1. The number of benzene rings is 2. The minimum absolute atomic E-state index is 0.0478. The lowest BCUT2D eigenvalue weighted by atomic mass is 9.81. The third-order valence-corrected chi connectivity index (χ3v) is 5.29. The van der Waals surface area contributed by atoms with E-state index in [1.165, 1.54) is 6.07 Å². The van der Waals surface area contributed by atoms with Gasteiger partial charge in [-0.25, -0.2) is 4.39 Å². The summed E-state index contributed by atoms with van der Waals surface area (Å²) in [6, 6.07) is 11.5. The molecule has 1 aliphatic carbocycles. The van der Waals surface area contributed by atoms with Crippen molar-refractivity contribution in [1.29, 1.82) is 0 Å². The molecule has 1 saturated carbocycles. The van der Waals surface area contributed by atoms with Gasteiger partial charge in [0, 0.05) is 22.5 Å². The molecule has 0 saturated heterocycles. The Hall–Kier alpha value is -2.40. The zero-order valence-corrected chi connectivity index (χ0v) is 15.9. The van der Waals surface area contributed by atoms with Gasteiger partial charge in [-0.1, -0.05) is 29.8 Å². The van der Waals surface area contributed by atoms with Crippen molar-refractivity contribution in [2.75, 3.05) is 10.6 Å². The molecule has 2 N–H and O–H groups in total. The van der Waals surface area contributed by atoms with E-state index in [-0.39, 0.29) is 29.3 Å². The molecule has 0 atom stereocenters. The first kappa shape index (κ1) is 19.4. The quantitative estimate of drug-likeness (QED) is 0.758. The Labute approximate surface area is 163 Å². The van der Waals surface area contributed by atoms with Crippen LogP contribution in [-0.2, 0) is 9.59 Å². The summed E-state index contributed by atoms with van der Waals surface area (Å²) in [6.45, 7) is 1.91. The predicted molar refractivity (Wildman–Crippen MR) is 105 cm³/mol. The zero-order valence-electron chi connectivity index (χ0n) is 15.1. The maximum absolute atomic E-state index is 13.7. The van der Waals surface area contributed by atoms with Crippen molar-refractivity contribution >= 4 is 34.8 Å². The average molecular weight is 389 g/mol. The summed E-state index contributed by atoms with van der Waals surface area (Å²) in [5.74, 6) is -1.03. The Morgan fingerprint density at radius 1 is 0.926 bits per heavy atom. The van der Waals surface area contributed by atoms with Crippen LogP contribution in [0.5, 0.6) is 0 Å². The topological polar surface area (TPSA) is 58.2 Å². The first-order valence-corrected chi connectivity index (χ1v) is 9.44. The molecular weight excluding hydrogens is 367 g/mol. The number of carbonyl (C=O) groups is 2. The van der Waals surface area contributed by atoms with Crippen molar-refractivity contribution in [3.8, 4) is 0 Å². The Morgan fingerprint density at radius 3 is 2.07 bits per heavy atom. The van der Waals surface area contributed by atoms with Crippen molar-refractivity contribution in [2.45, 2.75) is 32.6 Å². The molecule has 3 rings (SSSR count). The van der Waals surface area contributed by atoms with Crippen LogP contribution in [-0.4, -0.2) is 11.8 Å². The fourth-order valence-corrected chi connectivity index (χ4v) is 3.55. The van der Waals surface area contributed by atoms with Crippen molar-refractivity contribution in [1.82, 2.24) is 0 Å². The van der Waals surface area contributed by atoms with Gasteiger partial charge in [-0.2, -0.15) is 0 Å². The second kappa shape index (κ2) is 8.53. The molecule has 0 spiro atoms. The Kier molecular flexibility index (Phi) is 6.11. The third-order valence-electron chi connectivity index (χ3n) is 5.06. The fourth-order valence-electron chi connectivity index (χ4n) is 3.38. The van der Waals surface area contributed by atoms with E-state index < -0.39 is 5.82 Å². The molecule has 0 aliphatic heterocycles. The van der Waals surface area contributed by atoms with E-state index in [9.17, 15) is 14.0 Å². The summed E-state index contributed by atoms with van der Waals surface area (Å²) in [5.41, 5.74) is 1.86. The van der Waals surface area contributed by atoms with Crippen LogP contribution in [0.1, 0.15) is 31.2 Å². The largest absolute Gasteiger partial charge is 0.326 e. The molecule has 1 fully saturated rings. The van der Waals surface area contributed by atoms with Gasteiger partial charge in [-0.15, -0.1) is 0 Å². The second-order valence-corrected chi connectivity index (χ2v) is 7.40. The van der Waals surface area contributed by atoms with Gasteiger partial charge in [0.05, 0.1) is 5.69 Å². The van der Waals surface area contributed by atoms with Crippen LogP contribution < -0.4 is 10.6 Å². The van der Waals surface area contributed by atoms with Gasteiger partial charge in [0.25, 0.3) is 0 Å². The van der Waals surface area contributed by atoms with Gasteiger partial charge in [0.2, 0.25) is 11.8 Å². The van der Waals surface area contributed by atoms with Gasteiger partial charge in [0.15, 0.2) is 0 Å². The van der Waals surface area contributed by atoms with Crippen molar-refractivity contribution in [2.24, 2.45) is 11.8 Å². The van der Waals surface area contributed by atoms with Crippen LogP contribution >= 0.6 is 11.6 Å². The number of aryl methyl sites for hydroxylation is 1. The molecule has 142 valence electrons. The number of halogens is 2. The van der Waals surface area contributed by atoms with Crippen molar-refractivity contribution in [3.05, 3.63) is 58.9 Å². The van der Waals surface area contributed by atoms with Crippen molar-refractivity contribution in [3.63, 3.8) is 0 Å². The molecule has 4 nitrogen and oxygen atoms in total.